The smallest absolute Gasteiger partial charge is 0.333 e. The summed E-state index contributed by atoms with van der Waals surface area (Å²) in [5.41, 5.74) is 0.442. The second kappa shape index (κ2) is 5.98. The number of anilines is 1. The van der Waals surface area contributed by atoms with E-state index < -0.39 is 0 Å². The minimum atomic E-state index is -0.382. The molecule has 1 fully saturated rings. The third-order valence-corrected chi connectivity index (χ3v) is 3.68. The van der Waals surface area contributed by atoms with Crippen molar-refractivity contribution >= 4 is 11.5 Å². The van der Waals surface area contributed by atoms with Crippen molar-refractivity contribution in [1.29, 1.82) is 0 Å². The third kappa shape index (κ3) is 2.86. The van der Waals surface area contributed by atoms with Crippen molar-refractivity contribution in [2.24, 2.45) is 0 Å². The van der Waals surface area contributed by atoms with Gasteiger partial charge in [-0.3, -0.25) is 10.1 Å². The van der Waals surface area contributed by atoms with Crippen molar-refractivity contribution in [3.63, 3.8) is 0 Å². The fraction of sp³-hybridized carbons (Fsp3) is 0.769. The molecule has 2 heterocycles. The molecule has 2 atom stereocenters. The van der Waals surface area contributed by atoms with E-state index in [-0.39, 0.29) is 35.4 Å². The first-order valence-corrected chi connectivity index (χ1v) is 7.09. The molecule has 0 radical (unpaired) electrons. The molecule has 1 saturated heterocycles. The summed E-state index contributed by atoms with van der Waals surface area (Å²) in [6.07, 6.45) is -0.336. The van der Waals surface area contributed by atoms with Crippen molar-refractivity contribution < 1.29 is 14.8 Å². The van der Waals surface area contributed by atoms with E-state index in [1.807, 2.05) is 25.7 Å². The number of rotatable bonds is 4. The molecule has 1 aliphatic rings. The van der Waals surface area contributed by atoms with Gasteiger partial charge in [0.25, 0.3) is 0 Å². The highest BCUT2D eigenvalue weighted by molar-refractivity contribution is 5.62. The molecular weight excluding hydrogens is 276 g/mol. The summed E-state index contributed by atoms with van der Waals surface area (Å²) >= 11 is 0. The van der Waals surface area contributed by atoms with Gasteiger partial charge >= 0.3 is 5.69 Å². The fourth-order valence-electron chi connectivity index (χ4n) is 2.59. The average Bonchev–Trinajstić information content (AvgIpc) is 2.77. The van der Waals surface area contributed by atoms with Crippen LogP contribution >= 0.6 is 0 Å². The van der Waals surface area contributed by atoms with Gasteiger partial charge in [0, 0.05) is 12.6 Å². The van der Waals surface area contributed by atoms with Crippen molar-refractivity contribution in [3.05, 3.63) is 15.8 Å². The summed E-state index contributed by atoms with van der Waals surface area (Å²) in [6, 6.07) is -0.00452. The number of hydrogen-bond donors (Lipinski definition) is 1. The first-order valence-electron chi connectivity index (χ1n) is 7.09. The molecule has 21 heavy (non-hydrogen) atoms. The standard InChI is InChI=1S/C13H22N4O4/c1-8(2)16-13(12(17(19)20)10(4)14-16)15-5-11(6-18)21-7-9(15)3/h8-9,11,18H,5-7H2,1-4H3. The predicted octanol–water partition coefficient (Wildman–Crippen LogP) is 1.27. The van der Waals surface area contributed by atoms with Crippen LogP contribution in [0.4, 0.5) is 11.5 Å². The molecule has 0 saturated carbocycles. The summed E-state index contributed by atoms with van der Waals surface area (Å²) in [4.78, 5) is 13.0. The molecular formula is C13H22N4O4. The van der Waals surface area contributed by atoms with Crippen molar-refractivity contribution in [1.82, 2.24) is 9.78 Å². The predicted molar refractivity (Wildman–Crippen MR) is 77.6 cm³/mol. The number of aromatic nitrogens is 2. The molecule has 0 amide bonds. The van der Waals surface area contributed by atoms with Gasteiger partial charge in [-0.2, -0.15) is 5.10 Å². The van der Waals surface area contributed by atoms with Crippen LogP contribution in [-0.2, 0) is 4.74 Å². The maximum absolute atomic E-state index is 11.4. The van der Waals surface area contributed by atoms with E-state index in [4.69, 9.17) is 4.74 Å². The molecule has 2 rings (SSSR count). The monoisotopic (exact) mass is 298 g/mol. The molecule has 0 spiro atoms. The SMILES string of the molecule is Cc1nn(C(C)C)c(N2CC(CO)OCC2C)c1[N+](=O)[O-]. The van der Waals surface area contributed by atoms with E-state index in [1.54, 1.807) is 11.6 Å². The molecule has 1 N–H and O–H groups in total. The van der Waals surface area contributed by atoms with Crippen LogP contribution in [0, 0.1) is 17.0 Å². The van der Waals surface area contributed by atoms with E-state index in [1.165, 1.54) is 0 Å². The fourth-order valence-corrected chi connectivity index (χ4v) is 2.59. The number of ether oxygens (including phenoxy) is 1. The summed E-state index contributed by atoms with van der Waals surface area (Å²) in [6.45, 7) is 8.20. The molecule has 1 aliphatic heterocycles. The van der Waals surface area contributed by atoms with Crippen molar-refractivity contribution in [2.75, 3.05) is 24.7 Å². The zero-order valence-electron chi connectivity index (χ0n) is 12.8. The second-order valence-corrected chi connectivity index (χ2v) is 5.69. The van der Waals surface area contributed by atoms with E-state index in [0.717, 1.165) is 0 Å². The van der Waals surface area contributed by atoms with Gasteiger partial charge in [0.2, 0.25) is 5.82 Å². The lowest BCUT2D eigenvalue weighted by Crippen LogP contribution is -2.50. The van der Waals surface area contributed by atoms with Crippen LogP contribution in [0.5, 0.6) is 0 Å². The lowest BCUT2D eigenvalue weighted by molar-refractivity contribution is -0.384. The minimum Gasteiger partial charge on any atom is -0.394 e. The Kier molecular flexibility index (Phi) is 4.48. The number of aliphatic hydroxyl groups excluding tert-OH is 1. The van der Waals surface area contributed by atoms with Crippen LogP contribution < -0.4 is 4.90 Å². The Hall–Kier alpha value is -1.67. The molecule has 8 heteroatoms. The summed E-state index contributed by atoms with van der Waals surface area (Å²) < 4.78 is 7.19. The van der Waals surface area contributed by atoms with E-state index in [2.05, 4.69) is 5.10 Å². The molecule has 118 valence electrons. The number of nitro groups is 1. The largest absolute Gasteiger partial charge is 0.394 e. The Labute approximate surface area is 123 Å². The zero-order chi connectivity index (χ0) is 15.7. The van der Waals surface area contributed by atoms with Crippen LogP contribution in [0.2, 0.25) is 0 Å². The highest BCUT2D eigenvalue weighted by Crippen LogP contribution is 2.36. The number of morpholine rings is 1. The number of nitrogens with zero attached hydrogens (tertiary/aromatic N) is 4. The molecule has 8 nitrogen and oxygen atoms in total. The Bertz CT molecular complexity index is 528. The van der Waals surface area contributed by atoms with E-state index >= 15 is 0 Å². The average molecular weight is 298 g/mol. The maximum atomic E-state index is 11.4. The molecule has 1 aromatic rings. The third-order valence-electron chi connectivity index (χ3n) is 3.68. The quantitative estimate of drug-likeness (QED) is 0.664. The Morgan fingerprint density at radius 3 is 2.76 bits per heavy atom. The van der Waals surface area contributed by atoms with Gasteiger partial charge in [-0.15, -0.1) is 0 Å². The highest BCUT2D eigenvalue weighted by Gasteiger charge is 2.36. The molecule has 0 aromatic carbocycles. The molecule has 0 bridgehead atoms. The van der Waals surface area contributed by atoms with Crippen LogP contribution in [0.1, 0.15) is 32.5 Å². The van der Waals surface area contributed by atoms with Gasteiger partial charge < -0.3 is 14.7 Å². The van der Waals surface area contributed by atoms with Gasteiger partial charge in [0.1, 0.15) is 5.69 Å². The van der Waals surface area contributed by atoms with Crippen LogP contribution in [0.15, 0.2) is 0 Å². The normalized spacial score (nSPS) is 22.9. The Balaban J connectivity index is 2.51. The molecule has 2 unspecified atom stereocenters. The lowest BCUT2D eigenvalue weighted by Gasteiger charge is -2.38. The van der Waals surface area contributed by atoms with Crippen LogP contribution in [-0.4, -0.2) is 51.7 Å². The van der Waals surface area contributed by atoms with Crippen LogP contribution in [0.25, 0.3) is 0 Å². The van der Waals surface area contributed by atoms with Gasteiger partial charge in [-0.25, -0.2) is 4.68 Å². The zero-order valence-corrected chi connectivity index (χ0v) is 12.8. The topological polar surface area (TPSA) is 93.7 Å². The number of aryl methyl sites for hydroxylation is 1. The minimum absolute atomic E-state index is 0.00928. The summed E-state index contributed by atoms with van der Waals surface area (Å²) in [5, 5.41) is 25.0. The summed E-state index contributed by atoms with van der Waals surface area (Å²) in [5.74, 6) is 0.502. The van der Waals surface area contributed by atoms with Crippen LogP contribution in [0.3, 0.4) is 0 Å². The van der Waals surface area contributed by atoms with Gasteiger partial charge in [-0.05, 0) is 27.7 Å². The Morgan fingerprint density at radius 1 is 1.57 bits per heavy atom. The first-order chi connectivity index (χ1) is 9.86. The van der Waals surface area contributed by atoms with Gasteiger partial charge in [-0.1, -0.05) is 0 Å². The lowest BCUT2D eigenvalue weighted by atomic mass is 10.2. The molecule has 0 aliphatic carbocycles. The number of aliphatic hydroxyl groups is 1. The first kappa shape index (κ1) is 15.7. The van der Waals surface area contributed by atoms with Gasteiger partial charge in [0.05, 0.1) is 30.3 Å². The van der Waals surface area contributed by atoms with Gasteiger partial charge in [0.15, 0.2) is 0 Å². The van der Waals surface area contributed by atoms with E-state index in [0.29, 0.717) is 24.7 Å². The maximum Gasteiger partial charge on any atom is 0.333 e. The second-order valence-electron chi connectivity index (χ2n) is 5.69. The summed E-state index contributed by atoms with van der Waals surface area (Å²) in [7, 11) is 0. The Morgan fingerprint density at radius 2 is 2.24 bits per heavy atom. The molecule has 1 aromatic heterocycles. The highest BCUT2D eigenvalue weighted by atomic mass is 16.6. The van der Waals surface area contributed by atoms with E-state index in [9.17, 15) is 15.2 Å². The van der Waals surface area contributed by atoms with Crippen molar-refractivity contribution in [3.8, 4) is 0 Å². The number of hydrogen-bond acceptors (Lipinski definition) is 6. The van der Waals surface area contributed by atoms with Crippen molar-refractivity contribution in [2.45, 2.75) is 45.9 Å².